The van der Waals surface area contributed by atoms with Crippen molar-refractivity contribution >= 4 is 40.3 Å². The van der Waals surface area contributed by atoms with E-state index in [1.807, 2.05) is 20.8 Å². The molecule has 7 heteroatoms. The van der Waals surface area contributed by atoms with Crippen molar-refractivity contribution in [1.29, 1.82) is 0 Å². The smallest absolute Gasteiger partial charge is 0.144 e. The first-order valence-corrected chi connectivity index (χ1v) is 9.05. The topological polar surface area (TPSA) is 48.3 Å². The highest BCUT2D eigenvalue weighted by Crippen LogP contribution is 2.26. The van der Waals surface area contributed by atoms with Crippen LogP contribution in [-0.2, 0) is 11.4 Å². The van der Waals surface area contributed by atoms with Crippen LogP contribution in [0, 0.1) is 5.82 Å². The maximum atomic E-state index is 13.3. The summed E-state index contributed by atoms with van der Waals surface area (Å²) in [5.74, 6) is -0.499. The molecule has 1 atom stereocenters. The third-order valence-electron chi connectivity index (χ3n) is 3.17. The molecule has 1 heterocycles. The van der Waals surface area contributed by atoms with Crippen LogP contribution >= 0.6 is 23.2 Å². The number of hydrogen-bond donors (Lipinski definition) is 0. The Morgan fingerprint density at radius 3 is 2.46 bits per heavy atom. The molecule has 0 aliphatic heterocycles. The fourth-order valence-corrected chi connectivity index (χ4v) is 2.84. The molecule has 0 radical (unpaired) electrons. The summed E-state index contributed by atoms with van der Waals surface area (Å²) in [6, 6.07) is 7.74. The Morgan fingerprint density at radius 1 is 1.21 bits per heavy atom. The fourth-order valence-electron chi connectivity index (χ4n) is 1.82. The first kappa shape index (κ1) is 19.2. The average molecular weight is 387 g/mol. The highest BCUT2D eigenvalue weighted by molar-refractivity contribution is 7.91. The normalized spacial score (nSPS) is 13.9. The summed E-state index contributed by atoms with van der Waals surface area (Å²) in [6.45, 7) is 7.32. The Labute approximate surface area is 154 Å². The number of rotatable bonds is 3. The lowest BCUT2D eigenvalue weighted by Gasteiger charge is -2.18. The van der Waals surface area contributed by atoms with E-state index >= 15 is 0 Å². The number of hydrogen-bond acceptors (Lipinski definition) is 3. The minimum Gasteiger partial charge on any atom is -0.591 e. The second kappa shape index (κ2) is 7.40. The molecule has 3 nitrogen and oxygen atoms in total. The molecule has 0 aliphatic carbocycles. The molecule has 0 saturated carbocycles. The van der Waals surface area contributed by atoms with E-state index < -0.39 is 21.9 Å². The lowest BCUT2D eigenvalue weighted by molar-refractivity contribution is 0.561. The van der Waals surface area contributed by atoms with E-state index in [4.69, 9.17) is 23.2 Å². The molecule has 0 N–H and O–H groups in total. The van der Waals surface area contributed by atoms with Crippen molar-refractivity contribution in [3.05, 3.63) is 51.9 Å². The number of nitrogens with zero attached hydrogens (tertiary/aromatic N) is 2. The van der Waals surface area contributed by atoms with Gasteiger partial charge in [0.2, 0.25) is 0 Å². The Morgan fingerprint density at radius 2 is 1.88 bits per heavy atom. The van der Waals surface area contributed by atoms with Gasteiger partial charge in [0, 0.05) is 11.1 Å². The highest BCUT2D eigenvalue weighted by Gasteiger charge is 2.27. The predicted molar refractivity (Wildman–Crippen MR) is 99.8 cm³/mol. The van der Waals surface area contributed by atoms with Crippen LogP contribution in [0.15, 0.2) is 34.7 Å². The van der Waals surface area contributed by atoms with Gasteiger partial charge in [0.05, 0.1) is 16.4 Å². The van der Waals surface area contributed by atoms with Crippen LogP contribution in [-0.4, -0.2) is 20.0 Å². The molecular weight excluding hydrogens is 370 g/mol. The molecule has 0 bridgehead atoms. The van der Waals surface area contributed by atoms with Crippen LogP contribution < -0.4 is 0 Å². The van der Waals surface area contributed by atoms with E-state index in [1.165, 1.54) is 12.1 Å². The zero-order chi connectivity index (χ0) is 18.1. The van der Waals surface area contributed by atoms with E-state index in [2.05, 4.69) is 9.38 Å². The van der Waals surface area contributed by atoms with Crippen LogP contribution in [0.3, 0.4) is 0 Å². The van der Waals surface area contributed by atoms with Crippen molar-refractivity contribution in [1.82, 2.24) is 4.98 Å². The predicted octanol–water partition coefficient (Wildman–Crippen LogP) is 5.47. The number of benzene rings is 1. The van der Waals surface area contributed by atoms with Gasteiger partial charge in [-0.05, 0) is 58.0 Å². The van der Waals surface area contributed by atoms with Crippen molar-refractivity contribution in [2.24, 2.45) is 4.40 Å². The van der Waals surface area contributed by atoms with Gasteiger partial charge in [0.25, 0.3) is 0 Å². The summed E-state index contributed by atoms with van der Waals surface area (Å²) >= 11 is 10.5. The van der Waals surface area contributed by atoms with E-state index in [9.17, 15) is 8.94 Å². The first-order chi connectivity index (χ1) is 11.1. The largest absolute Gasteiger partial charge is 0.591 e. The Balaban J connectivity index is 2.45. The number of pyridine rings is 1. The summed E-state index contributed by atoms with van der Waals surface area (Å²) in [7, 11) is 0. The van der Waals surface area contributed by atoms with Crippen LogP contribution in [0.4, 0.5) is 4.39 Å². The lowest BCUT2D eigenvalue weighted by Crippen LogP contribution is -2.26. The Bertz CT molecular complexity index is 791. The average Bonchev–Trinajstić information content (AvgIpc) is 2.48. The second-order valence-electron chi connectivity index (χ2n) is 6.23. The highest BCUT2D eigenvalue weighted by atomic mass is 35.5. The molecule has 24 heavy (non-hydrogen) atoms. The van der Waals surface area contributed by atoms with Crippen LogP contribution in [0.5, 0.6) is 0 Å². The lowest BCUT2D eigenvalue weighted by atomic mass is 10.1. The van der Waals surface area contributed by atoms with Gasteiger partial charge in [0.15, 0.2) is 0 Å². The number of halogens is 3. The zero-order valence-corrected chi connectivity index (χ0v) is 16.1. The van der Waals surface area contributed by atoms with E-state index in [1.54, 1.807) is 25.1 Å². The van der Waals surface area contributed by atoms with E-state index in [0.29, 0.717) is 22.5 Å². The van der Waals surface area contributed by atoms with Gasteiger partial charge in [-0.1, -0.05) is 27.6 Å². The van der Waals surface area contributed by atoms with Gasteiger partial charge >= 0.3 is 0 Å². The molecule has 0 aliphatic rings. The van der Waals surface area contributed by atoms with Gasteiger partial charge in [-0.2, -0.15) is 0 Å². The molecule has 0 spiro atoms. The van der Waals surface area contributed by atoms with Gasteiger partial charge in [0.1, 0.15) is 27.1 Å². The third kappa shape index (κ3) is 4.70. The maximum absolute atomic E-state index is 13.3. The SMILES string of the molecule is C/C(=N/[S+]([O-])C(C)(C)C)c1cc(Cl)nc(-c2ccc(F)c(Cl)c2)c1. The monoisotopic (exact) mass is 386 g/mol. The van der Waals surface area contributed by atoms with Crippen LogP contribution in [0.2, 0.25) is 10.2 Å². The molecule has 0 fully saturated rings. The molecule has 1 aromatic heterocycles. The summed E-state index contributed by atoms with van der Waals surface area (Å²) in [6.07, 6.45) is 0. The molecule has 1 unspecified atom stereocenters. The standard InChI is InChI=1S/C17H17Cl2FN2OS/c1-10(22-24(23)17(2,3)4)12-8-15(21-16(19)9-12)11-5-6-14(20)13(18)7-11/h5-9H,1-4H3/b22-10-. The van der Waals surface area contributed by atoms with Crippen molar-refractivity contribution < 1.29 is 8.94 Å². The molecular formula is C17H17Cl2FN2OS. The summed E-state index contributed by atoms with van der Waals surface area (Å²) in [5, 5.41) is 0.272. The minimum atomic E-state index is -1.38. The van der Waals surface area contributed by atoms with Gasteiger partial charge in [-0.3, -0.25) is 0 Å². The zero-order valence-electron chi connectivity index (χ0n) is 13.7. The van der Waals surface area contributed by atoms with Gasteiger partial charge in [-0.25, -0.2) is 9.37 Å². The second-order valence-corrected chi connectivity index (χ2v) is 8.93. The summed E-state index contributed by atoms with van der Waals surface area (Å²) < 4.78 is 29.3. The van der Waals surface area contributed by atoms with Crippen molar-refractivity contribution in [2.75, 3.05) is 0 Å². The first-order valence-electron chi connectivity index (χ1n) is 7.18. The van der Waals surface area contributed by atoms with Crippen LogP contribution in [0.25, 0.3) is 11.3 Å². The summed E-state index contributed by atoms with van der Waals surface area (Å²) in [5.41, 5.74) is 2.45. The minimum absolute atomic E-state index is 0.00931. The quantitative estimate of drug-likeness (QED) is 0.399. The van der Waals surface area contributed by atoms with Crippen LogP contribution in [0.1, 0.15) is 33.3 Å². The third-order valence-corrected chi connectivity index (χ3v) is 5.14. The molecule has 1 aromatic carbocycles. The number of aromatic nitrogens is 1. The van der Waals surface area contributed by atoms with Gasteiger partial charge < -0.3 is 4.55 Å². The molecule has 2 aromatic rings. The van der Waals surface area contributed by atoms with Crippen molar-refractivity contribution in [2.45, 2.75) is 32.4 Å². The molecule has 128 valence electrons. The summed E-state index contributed by atoms with van der Waals surface area (Å²) in [4.78, 5) is 4.24. The molecule has 0 saturated heterocycles. The fraction of sp³-hybridized carbons (Fsp3) is 0.294. The van der Waals surface area contributed by atoms with Gasteiger partial charge in [-0.15, -0.1) is 0 Å². The van der Waals surface area contributed by atoms with Crippen molar-refractivity contribution in [3.8, 4) is 11.3 Å². The Kier molecular flexibility index (Phi) is 5.91. The van der Waals surface area contributed by atoms with E-state index in [0.717, 1.165) is 0 Å². The maximum Gasteiger partial charge on any atom is 0.144 e. The Hall–Kier alpha value is -1.14. The van der Waals surface area contributed by atoms with E-state index in [-0.39, 0.29) is 10.2 Å². The van der Waals surface area contributed by atoms with Crippen molar-refractivity contribution in [3.63, 3.8) is 0 Å². The molecule has 0 amide bonds. The molecule has 2 rings (SSSR count).